The zero-order valence-corrected chi connectivity index (χ0v) is 14.1. The molecule has 4 heteroatoms. The SMILES string of the molecule is COc1cc(C(=O)NCCOc2ccc(C)cc2C)ccc1C. The van der Waals surface area contributed by atoms with Crippen molar-refractivity contribution < 1.29 is 14.3 Å². The first-order chi connectivity index (χ1) is 11.0. The van der Waals surface area contributed by atoms with E-state index in [2.05, 4.69) is 11.4 Å². The zero-order valence-electron chi connectivity index (χ0n) is 14.1. The van der Waals surface area contributed by atoms with Crippen LogP contribution >= 0.6 is 0 Å². The van der Waals surface area contributed by atoms with Crippen molar-refractivity contribution in [1.29, 1.82) is 0 Å². The fraction of sp³-hybridized carbons (Fsp3) is 0.316. The Kier molecular flexibility index (Phi) is 5.63. The van der Waals surface area contributed by atoms with Crippen LogP contribution in [0.15, 0.2) is 36.4 Å². The predicted octanol–water partition coefficient (Wildman–Crippen LogP) is 3.43. The summed E-state index contributed by atoms with van der Waals surface area (Å²) < 4.78 is 10.9. The number of carbonyl (C=O) groups excluding carboxylic acids is 1. The molecule has 2 rings (SSSR count). The van der Waals surface area contributed by atoms with Crippen LogP contribution in [0.4, 0.5) is 0 Å². The van der Waals surface area contributed by atoms with Gasteiger partial charge in [-0.15, -0.1) is 0 Å². The smallest absolute Gasteiger partial charge is 0.251 e. The van der Waals surface area contributed by atoms with Gasteiger partial charge in [-0.3, -0.25) is 4.79 Å². The van der Waals surface area contributed by atoms with Gasteiger partial charge in [-0.05, 0) is 50.1 Å². The second-order valence-electron chi connectivity index (χ2n) is 5.56. The highest BCUT2D eigenvalue weighted by molar-refractivity contribution is 5.94. The molecule has 122 valence electrons. The molecule has 0 aliphatic carbocycles. The lowest BCUT2D eigenvalue weighted by molar-refractivity contribution is 0.0946. The molecule has 0 saturated carbocycles. The van der Waals surface area contributed by atoms with Crippen LogP contribution in [0.25, 0.3) is 0 Å². The number of ether oxygens (including phenoxy) is 2. The summed E-state index contributed by atoms with van der Waals surface area (Å²) in [5, 5.41) is 2.85. The van der Waals surface area contributed by atoms with Gasteiger partial charge in [0.25, 0.3) is 5.91 Å². The van der Waals surface area contributed by atoms with Crippen LogP contribution in [-0.4, -0.2) is 26.2 Å². The van der Waals surface area contributed by atoms with Crippen LogP contribution in [0.5, 0.6) is 11.5 Å². The Labute approximate surface area is 137 Å². The molecule has 0 unspecified atom stereocenters. The molecule has 0 aromatic heterocycles. The molecule has 0 bridgehead atoms. The molecule has 0 aliphatic rings. The van der Waals surface area contributed by atoms with Crippen LogP contribution in [0.1, 0.15) is 27.0 Å². The first kappa shape index (κ1) is 16.9. The first-order valence-electron chi connectivity index (χ1n) is 7.64. The Balaban J connectivity index is 1.85. The Morgan fingerprint density at radius 2 is 1.78 bits per heavy atom. The van der Waals surface area contributed by atoms with Crippen LogP contribution in [0, 0.1) is 20.8 Å². The number of aryl methyl sites for hydroxylation is 3. The first-order valence-corrected chi connectivity index (χ1v) is 7.64. The maximum atomic E-state index is 12.1. The zero-order chi connectivity index (χ0) is 16.8. The summed E-state index contributed by atoms with van der Waals surface area (Å²) in [5.41, 5.74) is 3.89. The number of nitrogens with one attached hydrogen (secondary N) is 1. The van der Waals surface area contributed by atoms with Crippen LogP contribution in [0.3, 0.4) is 0 Å². The summed E-state index contributed by atoms with van der Waals surface area (Å²) >= 11 is 0. The topological polar surface area (TPSA) is 47.6 Å². The lowest BCUT2D eigenvalue weighted by Gasteiger charge is -2.11. The van der Waals surface area contributed by atoms with Crippen LogP contribution in [0.2, 0.25) is 0 Å². The fourth-order valence-corrected chi connectivity index (χ4v) is 2.35. The van der Waals surface area contributed by atoms with Gasteiger partial charge in [0.2, 0.25) is 0 Å². The van der Waals surface area contributed by atoms with E-state index in [0.717, 1.165) is 16.9 Å². The van der Waals surface area contributed by atoms with Crippen molar-refractivity contribution in [2.75, 3.05) is 20.3 Å². The maximum absolute atomic E-state index is 12.1. The molecule has 0 spiro atoms. The highest BCUT2D eigenvalue weighted by Gasteiger charge is 2.08. The number of benzene rings is 2. The van der Waals surface area contributed by atoms with Crippen molar-refractivity contribution in [3.05, 3.63) is 58.7 Å². The molecule has 0 fully saturated rings. The van der Waals surface area contributed by atoms with Gasteiger partial charge in [0.1, 0.15) is 18.1 Å². The van der Waals surface area contributed by atoms with Crippen molar-refractivity contribution in [3.63, 3.8) is 0 Å². The molecule has 2 aromatic carbocycles. The molecular weight excluding hydrogens is 290 g/mol. The molecule has 0 heterocycles. The van der Waals surface area contributed by atoms with Gasteiger partial charge >= 0.3 is 0 Å². The summed E-state index contributed by atoms with van der Waals surface area (Å²) in [6.07, 6.45) is 0. The number of carbonyl (C=O) groups is 1. The molecule has 2 aromatic rings. The number of methoxy groups -OCH3 is 1. The fourth-order valence-electron chi connectivity index (χ4n) is 2.35. The largest absolute Gasteiger partial charge is 0.496 e. The molecule has 1 amide bonds. The van der Waals surface area contributed by atoms with Crippen LogP contribution in [-0.2, 0) is 0 Å². The normalized spacial score (nSPS) is 10.3. The minimum Gasteiger partial charge on any atom is -0.496 e. The van der Waals surface area contributed by atoms with Crippen molar-refractivity contribution in [2.24, 2.45) is 0 Å². The second-order valence-corrected chi connectivity index (χ2v) is 5.56. The molecule has 4 nitrogen and oxygen atoms in total. The standard InChI is InChI=1S/C19H23NO3/c1-13-5-8-17(15(3)11-13)23-10-9-20-19(21)16-7-6-14(2)18(12-16)22-4/h5-8,11-12H,9-10H2,1-4H3,(H,20,21). The van der Waals surface area contributed by atoms with E-state index < -0.39 is 0 Å². The summed E-state index contributed by atoms with van der Waals surface area (Å²) in [5.74, 6) is 1.43. The monoisotopic (exact) mass is 313 g/mol. The molecule has 0 atom stereocenters. The van der Waals surface area contributed by atoms with Crippen molar-refractivity contribution in [1.82, 2.24) is 5.32 Å². The Morgan fingerprint density at radius 3 is 2.48 bits per heavy atom. The Hall–Kier alpha value is -2.49. The van der Waals surface area contributed by atoms with E-state index in [9.17, 15) is 4.79 Å². The quantitative estimate of drug-likeness (QED) is 0.831. The third-order valence-electron chi connectivity index (χ3n) is 3.65. The maximum Gasteiger partial charge on any atom is 0.251 e. The Bertz CT molecular complexity index is 695. The van der Waals surface area contributed by atoms with Crippen LogP contribution < -0.4 is 14.8 Å². The number of hydrogen-bond donors (Lipinski definition) is 1. The summed E-state index contributed by atoms with van der Waals surface area (Å²) in [7, 11) is 1.60. The van der Waals surface area contributed by atoms with E-state index in [0.29, 0.717) is 24.5 Å². The number of hydrogen-bond acceptors (Lipinski definition) is 3. The molecule has 23 heavy (non-hydrogen) atoms. The van der Waals surface area contributed by atoms with Gasteiger partial charge in [0, 0.05) is 5.56 Å². The van der Waals surface area contributed by atoms with E-state index in [-0.39, 0.29) is 5.91 Å². The highest BCUT2D eigenvalue weighted by atomic mass is 16.5. The summed E-state index contributed by atoms with van der Waals surface area (Å²) in [4.78, 5) is 12.1. The second kappa shape index (κ2) is 7.68. The van der Waals surface area contributed by atoms with E-state index in [1.807, 2.05) is 39.0 Å². The van der Waals surface area contributed by atoms with E-state index in [1.54, 1.807) is 19.2 Å². The van der Waals surface area contributed by atoms with E-state index in [4.69, 9.17) is 9.47 Å². The predicted molar refractivity (Wildman–Crippen MR) is 91.5 cm³/mol. The molecule has 0 saturated heterocycles. The average Bonchev–Trinajstić information content (AvgIpc) is 2.53. The van der Waals surface area contributed by atoms with Gasteiger partial charge < -0.3 is 14.8 Å². The summed E-state index contributed by atoms with van der Waals surface area (Å²) in [6, 6.07) is 11.5. The molecule has 0 radical (unpaired) electrons. The minimum atomic E-state index is -0.132. The van der Waals surface area contributed by atoms with Crippen molar-refractivity contribution in [2.45, 2.75) is 20.8 Å². The van der Waals surface area contributed by atoms with Gasteiger partial charge in [0.15, 0.2) is 0 Å². The van der Waals surface area contributed by atoms with Gasteiger partial charge in [-0.2, -0.15) is 0 Å². The lowest BCUT2D eigenvalue weighted by Crippen LogP contribution is -2.28. The van der Waals surface area contributed by atoms with E-state index in [1.165, 1.54) is 5.56 Å². The summed E-state index contributed by atoms with van der Waals surface area (Å²) in [6.45, 7) is 6.88. The highest BCUT2D eigenvalue weighted by Crippen LogP contribution is 2.19. The van der Waals surface area contributed by atoms with E-state index >= 15 is 0 Å². The average molecular weight is 313 g/mol. The molecular formula is C19H23NO3. The van der Waals surface area contributed by atoms with Crippen molar-refractivity contribution in [3.8, 4) is 11.5 Å². The molecule has 1 N–H and O–H groups in total. The van der Waals surface area contributed by atoms with Gasteiger partial charge in [-0.1, -0.05) is 23.8 Å². The number of amides is 1. The minimum absolute atomic E-state index is 0.132. The lowest BCUT2D eigenvalue weighted by atomic mass is 10.1. The number of rotatable bonds is 6. The Morgan fingerprint density at radius 1 is 1.00 bits per heavy atom. The third kappa shape index (κ3) is 4.49. The van der Waals surface area contributed by atoms with Gasteiger partial charge in [-0.25, -0.2) is 0 Å². The molecule has 0 aliphatic heterocycles. The third-order valence-corrected chi connectivity index (χ3v) is 3.65. The van der Waals surface area contributed by atoms with Crippen molar-refractivity contribution >= 4 is 5.91 Å². The van der Waals surface area contributed by atoms with Gasteiger partial charge in [0.05, 0.1) is 13.7 Å².